The molecule has 2 heteroatoms. The van der Waals surface area contributed by atoms with E-state index in [-0.39, 0.29) is 0 Å². The van der Waals surface area contributed by atoms with E-state index in [9.17, 15) is 0 Å². The lowest BCUT2D eigenvalue weighted by Gasteiger charge is -2.12. The van der Waals surface area contributed by atoms with Gasteiger partial charge in [0.25, 0.3) is 0 Å². The first-order chi connectivity index (χ1) is 5.86. The van der Waals surface area contributed by atoms with Gasteiger partial charge >= 0.3 is 0 Å². The predicted molar refractivity (Wildman–Crippen MR) is 52.2 cm³/mol. The van der Waals surface area contributed by atoms with Crippen molar-refractivity contribution >= 4 is 0 Å². The molecule has 0 bridgehead atoms. The van der Waals surface area contributed by atoms with E-state index in [1.54, 1.807) is 0 Å². The lowest BCUT2D eigenvalue weighted by atomic mass is 10.0. The van der Waals surface area contributed by atoms with Gasteiger partial charge in [-0.2, -0.15) is 0 Å². The maximum atomic E-state index is 3.23. The molecule has 0 saturated carbocycles. The normalized spacial score (nSPS) is 13.2. The zero-order valence-corrected chi connectivity index (χ0v) is 7.93. The number of hydrogen-bond acceptors (Lipinski definition) is 1. The van der Waals surface area contributed by atoms with E-state index in [1.165, 1.54) is 12.1 Å². The van der Waals surface area contributed by atoms with Gasteiger partial charge in [-0.05, 0) is 38.1 Å². The second-order valence-corrected chi connectivity index (χ2v) is 3.23. The number of hydrogen-bond donors (Lipinski definition) is 2. The molecule has 0 radical (unpaired) electrons. The van der Waals surface area contributed by atoms with Crippen LogP contribution >= 0.6 is 0 Å². The van der Waals surface area contributed by atoms with E-state index in [0.29, 0.717) is 0 Å². The number of nitrogens with one attached hydrogen (secondary N) is 2. The monoisotopic (exact) mass is 166 g/mol. The minimum atomic E-state index is 0.758. The van der Waals surface area contributed by atoms with E-state index >= 15 is 0 Å². The molecule has 0 fully saturated rings. The second kappa shape index (κ2) is 4.99. The Balaban J connectivity index is 2.37. The number of aromatic amines is 1. The van der Waals surface area contributed by atoms with Gasteiger partial charge in [0.05, 0.1) is 0 Å². The van der Waals surface area contributed by atoms with Crippen LogP contribution in [-0.2, 0) is 6.42 Å². The van der Waals surface area contributed by atoms with Gasteiger partial charge in [0.15, 0.2) is 0 Å². The highest BCUT2D eigenvalue weighted by molar-refractivity contribution is 5.04. The lowest BCUT2D eigenvalue weighted by Crippen LogP contribution is -2.20. The van der Waals surface area contributed by atoms with Crippen LogP contribution < -0.4 is 5.32 Å². The van der Waals surface area contributed by atoms with Crippen molar-refractivity contribution < 1.29 is 0 Å². The molecule has 1 unspecified atom stereocenters. The van der Waals surface area contributed by atoms with Crippen molar-refractivity contribution in [1.82, 2.24) is 10.3 Å². The highest BCUT2D eigenvalue weighted by Crippen LogP contribution is 2.09. The van der Waals surface area contributed by atoms with Gasteiger partial charge in [0.1, 0.15) is 0 Å². The third-order valence-electron chi connectivity index (χ3n) is 2.24. The third-order valence-corrected chi connectivity index (χ3v) is 2.24. The van der Waals surface area contributed by atoms with Crippen molar-refractivity contribution in [3.8, 4) is 0 Å². The highest BCUT2D eigenvalue weighted by atomic mass is 14.8. The van der Waals surface area contributed by atoms with Crippen LogP contribution in [0.4, 0.5) is 0 Å². The van der Waals surface area contributed by atoms with Gasteiger partial charge < -0.3 is 10.3 Å². The molecular weight excluding hydrogens is 148 g/mol. The molecule has 0 saturated heterocycles. The molecule has 1 aromatic heterocycles. The van der Waals surface area contributed by atoms with E-state index in [2.05, 4.69) is 29.4 Å². The fourth-order valence-electron chi connectivity index (χ4n) is 1.46. The van der Waals surface area contributed by atoms with Crippen LogP contribution in [0.1, 0.15) is 19.0 Å². The Morgan fingerprint density at radius 2 is 2.42 bits per heavy atom. The number of aromatic nitrogens is 1. The van der Waals surface area contributed by atoms with Crippen LogP contribution in [0.25, 0.3) is 0 Å². The fraction of sp³-hybridized carbons (Fsp3) is 0.600. The summed E-state index contributed by atoms with van der Waals surface area (Å²) in [6, 6.07) is 4.21. The first-order valence-electron chi connectivity index (χ1n) is 4.63. The van der Waals surface area contributed by atoms with Crippen LogP contribution in [0, 0.1) is 5.92 Å². The first-order valence-corrected chi connectivity index (χ1v) is 4.63. The quantitative estimate of drug-likeness (QED) is 0.686. The fourth-order valence-corrected chi connectivity index (χ4v) is 1.46. The summed E-state index contributed by atoms with van der Waals surface area (Å²) < 4.78 is 0. The van der Waals surface area contributed by atoms with E-state index < -0.39 is 0 Å². The third kappa shape index (κ3) is 2.70. The molecule has 0 spiro atoms. The van der Waals surface area contributed by atoms with Gasteiger partial charge in [-0.15, -0.1) is 0 Å². The average molecular weight is 166 g/mol. The molecule has 1 aromatic rings. The molecule has 0 aliphatic carbocycles. The molecule has 12 heavy (non-hydrogen) atoms. The average Bonchev–Trinajstić information content (AvgIpc) is 2.56. The van der Waals surface area contributed by atoms with Crippen LogP contribution in [0.3, 0.4) is 0 Å². The molecule has 1 rings (SSSR count). The smallest absolute Gasteiger partial charge is 0.0150 e. The summed E-state index contributed by atoms with van der Waals surface area (Å²) in [6.45, 7) is 3.35. The van der Waals surface area contributed by atoms with E-state index in [0.717, 1.165) is 18.9 Å². The molecule has 0 aliphatic heterocycles. The van der Waals surface area contributed by atoms with Crippen LogP contribution in [0.2, 0.25) is 0 Å². The Bertz CT molecular complexity index is 192. The Hall–Kier alpha value is -0.760. The molecule has 2 N–H and O–H groups in total. The van der Waals surface area contributed by atoms with Crippen molar-refractivity contribution in [2.75, 3.05) is 13.6 Å². The molecule has 0 aliphatic rings. The molecule has 1 atom stereocenters. The standard InChI is InChI=1S/C10H18N2/c1-3-9(8-11-2)7-10-5-4-6-12-10/h4-6,9,11-12H,3,7-8H2,1-2H3. The van der Waals surface area contributed by atoms with Gasteiger partial charge in [-0.3, -0.25) is 0 Å². The largest absolute Gasteiger partial charge is 0.365 e. The van der Waals surface area contributed by atoms with Crippen molar-refractivity contribution in [2.45, 2.75) is 19.8 Å². The van der Waals surface area contributed by atoms with Crippen molar-refractivity contribution in [1.29, 1.82) is 0 Å². The Kier molecular flexibility index (Phi) is 3.88. The molecule has 2 nitrogen and oxygen atoms in total. The molecule has 1 heterocycles. The van der Waals surface area contributed by atoms with Crippen molar-refractivity contribution in [2.24, 2.45) is 5.92 Å². The Labute approximate surface area is 74.4 Å². The SMILES string of the molecule is CCC(CNC)Cc1ccc[nH]1. The Morgan fingerprint density at radius 1 is 1.58 bits per heavy atom. The van der Waals surface area contributed by atoms with E-state index in [4.69, 9.17) is 0 Å². The lowest BCUT2D eigenvalue weighted by molar-refractivity contribution is 0.477. The summed E-state index contributed by atoms with van der Waals surface area (Å²) >= 11 is 0. The van der Waals surface area contributed by atoms with Crippen LogP contribution in [0.5, 0.6) is 0 Å². The first kappa shape index (κ1) is 9.33. The summed E-state index contributed by atoms with van der Waals surface area (Å²) in [4.78, 5) is 3.23. The minimum Gasteiger partial charge on any atom is -0.365 e. The van der Waals surface area contributed by atoms with Gasteiger partial charge in [0.2, 0.25) is 0 Å². The maximum absolute atomic E-state index is 3.23. The summed E-state index contributed by atoms with van der Waals surface area (Å²) in [5.41, 5.74) is 1.34. The van der Waals surface area contributed by atoms with Gasteiger partial charge in [0, 0.05) is 11.9 Å². The minimum absolute atomic E-state index is 0.758. The summed E-state index contributed by atoms with van der Waals surface area (Å²) in [7, 11) is 2.01. The summed E-state index contributed by atoms with van der Waals surface area (Å²) in [6.07, 6.45) is 4.38. The molecular formula is C10H18N2. The summed E-state index contributed by atoms with van der Waals surface area (Å²) in [5.74, 6) is 0.758. The van der Waals surface area contributed by atoms with Crippen LogP contribution in [-0.4, -0.2) is 18.6 Å². The van der Waals surface area contributed by atoms with Crippen molar-refractivity contribution in [3.05, 3.63) is 24.0 Å². The number of H-pyrrole nitrogens is 1. The second-order valence-electron chi connectivity index (χ2n) is 3.23. The number of rotatable bonds is 5. The maximum Gasteiger partial charge on any atom is 0.0150 e. The topological polar surface area (TPSA) is 27.8 Å². The van der Waals surface area contributed by atoms with E-state index in [1.807, 2.05) is 13.2 Å². The summed E-state index contributed by atoms with van der Waals surface area (Å²) in [5, 5.41) is 3.22. The Morgan fingerprint density at radius 3 is 2.92 bits per heavy atom. The zero-order valence-electron chi connectivity index (χ0n) is 7.93. The highest BCUT2D eigenvalue weighted by Gasteiger charge is 2.05. The van der Waals surface area contributed by atoms with Crippen molar-refractivity contribution in [3.63, 3.8) is 0 Å². The molecule has 0 amide bonds. The van der Waals surface area contributed by atoms with Gasteiger partial charge in [-0.25, -0.2) is 0 Å². The molecule has 68 valence electrons. The molecule has 0 aromatic carbocycles. The predicted octanol–water partition coefficient (Wildman–Crippen LogP) is 1.80. The zero-order chi connectivity index (χ0) is 8.81. The van der Waals surface area contributed by atoms with Crippen LogP contribution in [0.15, 0.2) is 18.3 Å². The van der Waals surface area contributed by atoms with Gasteiger partial charge in [-0.1, -0.05) is 13.3 Å².